The number of nitrogens with zero attached hydrogens (tertiary/aromatic N) is 3. The zero-order valence-electron chi connectivity index (χ0n) is 13.1. The van der Waals surface area contributed by atoms with Crippen LogP contribution in [0, 0.1) is 0 Å². The molecule has 1 atom stereocenters. The predicted octanol–water partition coefficient (Wildman–Crippen LogP) is 1.25. The predicted molar refractivity (Wildman–Crippen MR) is 75.0 cm³/mol. The first-order valence-corrected chi connectivity index (χ1v) is 6.96. The highest BCUT2D eigenvalue weighted by atomic mass is 15.4. The van der Waals surface area contributed by atoms with Gasteiger partial charge in [0.2, 0.25) is 0 Å². The second-order valence-electron chi connectivity index (χ2n) is 7.55. The van der Waals surface area contributed by atoms with E-state index in [9.17, 15) is 0 Å². The van der Waals surface area contributed by atoms with Crippen molar-refractivity contribution in [1.82, 2.24) is 4.90 Å². The molecule has 1 heterocycles. The summed E-state index contributed by atoms with van der Waals surface area (Å²) in [4.78, 5) is 2.58. The van der Waals surface area contributed by atoms with E-state index in [1.165, 1.54) is 39.1 Å². The third kappa shape index (κ3) is 3.94. The van der Waals surface area contributed by atoms with Gasteiger partial charge in [-0.15, -0.1) is 0 Å². The summed E-state index contributed by atoms with van der Waals surface area (Å²) in [5.74, 6) is 0. The Balaban J connectivity index is 2.77. The molecule has 0 aromatic rings. The van der Waals surface area contributed by atoms with Crippen LogP contribution in [0.3, 0.4) is 0 Å². The van der Waals surface area contributed by atoms with Gasteiger partial charge in [-0.1, -0.05) is 6.92 Å². The van der Waals surface area contributed by atoms with Crippen molar-refractivity contribution in [2.24, 2.45) is 0 Å². The maximum atomic E-state index is 2.58. The van der Waals surface area contributed by atoms with Crippen LogP contribution in [0.1, 0.15) is 20.3 Å². The summed E-state index contributed by atoms with van der Waals surface area (Å²) in [7, 11) is 11.8. The van der Waals surface area contributed by atoms with E-state index in [0.29, 0.717) is 5.54 Å². The van der Waals surface area contributed by atoms with Gasteiger partial charge >= 0.3 is 0 Å². The molecule has 0 bridgehead atoms. The van der Waals surface area contributed by atoms with Crippen LogP contribution in [-0.2, 0) is 0 Å². The Hall–Kier alpha value is -0.120. The lowest BCUT2D eigenvalue weighted by Gasteiger charge is -2.51. The Labute approximate surface area is 108 Å². The molecule has 0 saturated carbocycles. The van der Waals surface area contributed by atoms with Crippen molar-refractivity contribution in [2.45, 2.75) is 25.8 Å². The fourth-order valence-electron chi connectivity index (χ4n) is 3.59. The number of rotatable bonds is 4. The first-order valence-electron chi connectivity index (χ1n) is 6.96. The normalized spacial score (nSPS) is 30.5. The number of piperazine rings is 1. The van der Waals surface area contributed by atoms with Gasteiger partial charge < -0.3 is 8.97 Å². The van der Waals surface area contributed by atoms with Gasteiger partial charge in [0.25, 0.3) is 0 Å². The third-order valence-corrected chi connectivity index (χ3v) is 4.33. The smallest absolute Gasteiger partial charge is 0.117 e. The molecule has 1 fully saturated rings. The topological polar surface area (TPSA) is 3.24 Å². The Morgan fingerprint density at radius 2 is 1.88 bits per heavy atom. The van der Waals surface area contributed by atoms with Crippen molar-refractivity contribution < 1.29 is 8.97 Å². The SMILES string of the molecule is CCC[N+](C)(C)CC1(C)C[N+](C)(C)CCN1C. The zero-order valence-corrected chi connectivity index (χ0v) is 13.1. The van der Waals surface area contributed by atoms with Crippen molar-refractivity contribution in [3.8, 4) is 0 Å². The van der Waals surface area contributed by atoms with E-state index in [2.05, 4.69) is 54.0 Å². The highest BCUT2D eigenvalue weighted by Gasteiger charge is 2.45. The van der Waals surface area contributed by atoms with Crippen LogP contribution in [0.5, 0.6) is 0 Å². The summed E-state index contributed by atoms with van der Waals surface area (Å²) < 4.78 is 2.30. The molecule has 3 heteroatoms. The van der Waals surface area contributed by atoms with E-state index in [1.807, 2.05) is 0 Å². The fraction of sp³-hybridized carbons (Fsp3) is 1.00. The highest BCUT2D eigenvalue weighted by Crippen LogP contribution is 2.25. The third-order valence-electron chi connectivity index (χ3n) is 4.33. The van der Waals surface area contributed by atoms with E-state index in [-0.39, 0.29) is 0 Å². The number of quaternary nitrogens is 2. The lowest BCUT2D eigenvalue weighted by atomic mass is 9.94. The van der Waals surface area contributed by atoms with E-state index in [1.54, 1.807) is 0 Å². The molecular formula is C14H33N3+2. The van der Waals surface area contributed by atoms with Crippen LogP contribution >= 0.6 is 0 Å². The van der Waals surface area contributed by atoms with E-state index in [4.69, 9.17) is 0 Å². The Morgan fingerprint density at radius 3 is 2.41 bits per heavy atom. The molecule has 0 aromatic carbocycles. The number of likely N-dealkylation sites (N-methyl/N-ethyl adjacent to an activating group) is 3. The quantitative estimate of drug-likeness (QED) is 0.672. The van der Waals surface area contributed by atoms with Gasteiger partial charge in [-0.25, -0.2) is 0 Å². The first kappa shape index (κ1) is 14.9. The first-order chi connectivity index (χ1) is 7.60. The van der Waals surface area contributed by atoms with E-state index in [0.717, 1.165) is 8.97 Å². The zero-order chi connectivity index (χ0) is 13.3. The average Bonchev–Trinajstić information content (AvgIpc) is 2.09. The van der Waals surface area contributed by atoms with E-state index >= 15 is 0 Å². The van der Waals surface area contributed by atoms with E-state index < -0.39 is 0 Å². The Bertz CT molecular complexity index is 260. The van der Waals surface area contributed by atoms with Crippen LogP contribution in [0.2, 0.25) is 0 Å². The molecule has 0 aromatic heterocycles. The molecule has 1 rings (SSSR count). The van der Waals surface area contributed by atoms with Crippen LogP contribution in [0.4, 0.5) is 0 Å². The minimum Gasteiger partial charge on any atom is -0.327 e. The molecule has 3 nitrogen and oxygen atoms in total. The van der Waals surface area contributed by atoms with Gasteiger partial charge in [-0.3, -0.25) is 4.90 Å². The van der Waals surface area contributed by atoms with Crippen molar-refractivity contribution in [1.29, 1.82) is 0 Å². The standard InChI is InChI=1S/C14H33N3/c1-8-10-16(4,5)12-14(2)13-17(6,7)11-9-15(14)3/h8-13H2,1-7H3/q+2. The number of hydrogen-bond donors (Lipinski definition) is 0. The molecule has 1 saturated heterocycles. The second-order valence-corrected chi connectivity index (χ2v) is 7.55. The van der Waals surface area contributed by atoms with Crippen molar-refractivity contribution in [3.05, 3.63) is 0 Å². The molecule has 0 amide bonds. The van der Waals surface area contributed by atoms with Gasteiger partial charge in [-0.2, -0.15) is 0 Å². The summed E-state index contributed by atoms with van der Waals surface area (Å²) >= 11 is 0. The maximum absolute atomic E-state index is 2.58. The minimum atomic E-state index is 0.334. The summed E-state index contributed by atoms with van der Waals surface area (Å²) in [6, 6.07) is 0. The van der Waals surface area contributed by atoms with Crippen LogP contribution in [0.15, 0.2) is 0 Å². The highest BCUT2D eigenvalue weighted by molar-refractivity contribution is 4.87. The summed E-state index contributed by atoms with van der Waals surface area (Å²) in [6.45, 7) is 11.0. The average molecular weight is 243 g/mol. The van der Waals surface area contributed by atoms with Gasteiger partial charge in [0.15, 0.2) is 0 Å². The molecule has 1 unspecified atom stereocenters. The number of hydrogen-bond acceptors (Lipinski definition) is 1. The largest absolute Gasteiger partial charge is 0.327 e. The van der Waals surface area contributed by atoms with Crippen LogP contribution < -0.4 is 0 Å². The molecular weight excluding hydrogens is 210 g/mol. The second kappa shape index (κ2) is 4.87. The summed E-state index contributed by atoms with van der Waals surface area (Å²) in [6.07, 6.45) is 1.27. The Morgan fingerprint density at radius 1 is 1.29 bits per heavy atom. The lowest BCUT2D eigenvalue weighted by Crippen LogP contribution is -2.69. The summed E-state index contributed by atoms with van der Waals surface area (Å²) in [5, 5.41) is 0. The molecule has 1 aliphatic heterocycles. The molecule has 102 valence electrons. The van der Waals surface area contributed by atoms with Gasteiger partial charge in [-0.05, 0) is 20.4 Å². The van der Waals surface area contributed by atoms with Crippen molar-refractivity contribution in [2.75, 3.05) is 68.0 Å². The molecule has 0 N–H and O–H groups in total. The fourth-order valence-corrected chi connectivity index (χ4v) is 3.59. The maximum Gasteiger partial charge on any atom is 0.117 e. The van der Waals surface area contributed by atoms with Gasteiger partial charge in [0, 0.05) is 6.54 Å². The van der Waals surface area contributed by atoms with Crippen LogP contribution in [-0.4, -0.2) is 87.4 Å². The van der Waals surface area contributed by atoms with Crippen molar-refractivity contribution in [3.63, 3.8) is 0 Å². The lowest BCUT2D eigenvalue weighted by molar-refractivity contribution is -0.923. The molecule has 1 aliphatic rings. The molecule has 17 heavy (non-hydrogen) atoms. The van der Waals surface area contributed by atoms with Gasteiger partial charge in [0.1, 0.15) is 18.6 Å². The van der Waals surface area contributed by atoms with Gasteiger partial charge in [0.05, 0.1) is 41.3 Å². The monoisotopic (exact) mass is 243 g/mol. The summed E-state index contributed by atoms with van der Waals surface area (Å²) in [5.41, 5.74) is 0.334. The van der Waals surface area contributed by atoms with Crippen molar-refractivity contribution >= 4 is 0 Å². The molecule has 0 radical (unpaired) electrons. The molecule has 0 aliphatic carbocycles. The Kier molecular flexibility index (Phi) is 4.28. The minimum absolute atomic E-state index is 0.334. The molecule has 0 spiro atoms. The van der Waals surface area contributed by atoms with Crippen LogP contribution in [0.25, 0.3) is 0 Å².